The Morgan fingerprint density at radius 3 is 2.52 bits per heavy atom. The van der Waals surface area contributed by atoms with Gasteiger partial charge in [-0.25, -0.2) is 4.79 Å². The highest BCUT2D eigenvalue weighted by atomic mass is 16.6. The molecule has 0 aliphatic carbocycles. The molecule has 0 bridgehead atoms. The molecule has 1 aliphatic rings. The minimum atomic E-state index is -0.599. The minimum absolute atomic E-state index is 0.135. The summed E-state index contributed by atoms with van der Waals surface area (Å²) in [6.45, 7) is 3.50. The van der Waals surface area contributed by atoms with Crippen LogP contribution in [0.25, 0.3) is 11.0 Å². The molecule has 2 heterocycles. The largest absolute Gasteiger partial charge is 0.462 e. The lowest BCUT2D eigenvalue weighted by Crippen LogP contribution is -2.48. The van der Waals surface area contributed by atoms with E-state index in [2.05, 4.69) is 0 Å². The second-order valence-corrected chi connectivity index (χ2v) is 7.11. The molecule has 4 rings (SSSR count). The molecule has 160 valence electrons. The van der Waals surface area contributed by atoms with E-state index in [1.54, 1.807) is 24.0 Å². The van der Waals surface area contributed by atoms with Crippen LogP contribution in [-0.2, 0) is 4.74 Å². The van der Waals surface area contributed by atoms with Gasteiger partial charge in [-0.15, -0.1) is 0 Å². The van der Waals surface area contributed by atoms with Gasteiger partial charge in [-0.2, -0.15) is 0 Å². The Morgan fingerprint density at radius 2 is 1.84 bits per heavy atom. The fraction of sp³-hybridized carbons (Fsp3) is 0.273. The maximum Gasteiger partial charge on any atom is 0.338 e. The molecule has 2 aromatic carbocycles. The van der Waals surface area contributed by atoms with Crippen molar-refractivity contribution in [2.24, 2.45) is 0 Å². The van der Waals surface area contributed by atoms with E-state index in [9.17, 15) is 19.7 Å². The first-order valence-electron chi connectivity index (χ1n) is 9.96. The van der Waals surface area contributed by atoms with Gasteiger partial charge in [0.2, 0.25) is 0 Å². The Labute approximate surface area is 177 Å². The van der Waals surface area contributed by atoms with E-state index < -0.39 is 10.9 Å². The molecular formula is C22H21N3O6. The van der Waals surface area contributed by atoms with E-state index in [1.807, 2.05) is 29.2 Å². The van der Waals surface area contributed by atoms with Crippen LogP contribution in [0.15, 0.2) is 52.9 Å². The SMILES string of the molecule is CCOC(=O)c1ccc(N2CCN(C(=O)c3cc4ccccc4o3)CC2)c([N+](=O)[O-])c1. The van der Waals surface area contributed by atoms with Gasteiger partial charge in [0, 0.05) is 37.6 Å². The van der Waals surface area contributed by atoms with Crippen LogP contribution in [0.2, 0.25) is 0 Å². The molecule has 0 spiro atoms. The van der Waals surface area contributed by atoms with Gasteiger partial charge in [0.1, 0.15) is 11.3 Å². The zero-order valence-electron chi connectivity index (χ0n) is 16.9. The van der Waals surface area contributed by atoms with Crippen molar-refractivity contribution >= 4 is 34.2 Å². The topological polar surface area (TPSA) is 106 Å². The maximum absolute atomic E-state index is 12.8. The van der Waals surface area contributed by atoms with Gasteiger partial charge >= 0.3 is 5.97 Å². The number of amides is 1. The minimum Gasteiger partial charge on any atom is -0.462 e. The number of nitro benzene ring substituents is 1. The Balaban J connectivity index is 1.48. The second-order valence-electron chi connectivity index (χ2n) is 7.11. The molecule has 1 aromatic heterocycles. The third-order valence-electron chi connectivity index (χ3n) is 5.23. The van der Waals surface area contributed by atoms with Gasteiger partial charge in [-0.05, 0) is 31.2 Å². The first-order valence-corrected chi connectivity index (χ1v) is 9.96. The molecule has 1 amide bonds. The molecule has 1 fully saturated rings. The molecule has 0 radical (unpaired) electrons. The van der Waals surface area contributed by atoms with Crippen LogP contribution >= 0.6 is 0 Å². The van der Waals surface area contributed by atoms with Crippen LogP contribution in [0, 0.1) is 10.1 Å². The lowest BCUT2D eigenvalue weighted by atomic mass is 10.1. The third-order valence-corrected chi connectivity index (χ3v) is 5.23. The van der Waals surface area contributed by atoms with Crippen LogP contribution in [0.4, 0.5) is 11.4 Å². The summed E-state index contributed by atoms with van der Waals surface area (Å²) >= 11 is 0. The number of benzene rings is 2. The Hall–Kier alpha value is -3.88. The number of fused-ring (bicyclic) bond motifs is 1. The number of nitro groups is 1. The summed E-state index contributed by atoms with van der Waals surface area (Å²) in [5, 5.41) is 12.5. The molecular weight excluding hydrogens is 402 g/mol. The van der Waals surface area contributed by atoms with Crippen LogP contribution in [-0.4, -0.2) is 54.5 Å². The van der Waals surface area contributed by atoms with Crippen molar-refractivity contribution in [3.05, 3.63) is 70.0 Å². The van der Waals surface area contributed by atoms with Gasteiger partial charge in [0.05, 0.1) is 17.1 Å². The summed E-state index contributed by atoms with van der Waals surface area (Å²) in [4.78, 5) is 39.3. The summed E-state index contributed by atoms with van der Waals surface area (Å²) in [5.74, 6) is -0.527. The summed E-state index contributed by atoms with van der Waals surface area (Å²) in [6, 6.07) is 13.5. The first kappa shape index (κ1) is 20.4. The monoisotopic (exact) mass is 423 g/mol. The number of nitrogens with zero attached hydrogens (tertiary/aromatic N) is 3. The highest BCUT2D eigenvalue weighted by molar-refractivity contribution is 5.96. The van der Waals surface area contributed by atoms with Crippen molar-refractivity contribution in [2.45, 2.75) is 6.92 Å². The van der Waals surface area contributed by atoms with Crippen molar-refractivity contribution in [3.63, 3.8) is 0 Å². The van der Waals surface area contributed by atoms with E-state index in [-0.39, 0.29) is 29.5 Å². The fourth-order valence-corrected chi connectivity index (χ4v) is 3.67. The maximum atomic E-state index is 12.8. The number of carbonyl (C=O) groups excluding carboxylic acids is 2. The standard InChI is InChI=1S/C22H21N3O6/c1-2-30-22(27)16-7-8-17(18(13-16)25(28)29)23-9-11-24(12-10-23)21(26)20-14-15-5-3-4-6-19(15)31-20/h3-8,13-14H,2,9-12H2,1H3. The van der Waals surface area contributed by atoms with Crippen LogP contribution in [0.3, 0.4) is 0 Å². The fourth-order valence-electron chi connectivity index (χ4n) is 3.67. The zero-order chi connectivity index (χ0) is 22.0. The molecule has 9 nitrogen and oxygen atoms in total. The normalized spacial score (nSPS) is 14.0. The molecule has 0 saturated carbocycles. The van der Waals surface area contributed by atoms with E-state index >= 15 is 0 Å². The van der Waals surface area contributed by atoms with E-state index in [1.165, 1.54) is 12.1 Å². The number of furan rings is 1. The number of carbonyl (C=O) groups is 2. The number of piperazine rings is 1. The molecule has 0 atom stereocenters. The van der Waals surface area contributed by atoms with E-state index in [4.69, 9.17) is 9.15 Å². The Bertz CT molecular complexity index is 1110. The van der Waals surface area contributed by atoms with Crippen LogP contribution in [0.1, 0.15) is 27.8 Å². The molecule has 1 saturated heterocycles. The van der Waals surface area contributed by atoms with Crippen molar-refractivity contribution in [2.75, 3.05) is 37.7 Å². The molecule has 9 heteroatoms. The number of hydrogen-bond acceptors (Lipinski definition) is 7. The van der Waals surface area contributed by atoms with Gasteiger partial charge in [-0.3, -0.25) is 14.9 Å². The van der Waals surface area contributed by atoms with Gasteiger partial charge < -0.3 is 19.0 Å². The van der Waals surface area contributed by atoms with Gasteiger partial charge in [0.25, 0.3) is 11.6 Å². The van der Waals surface area contributed by atoms with Crippen molar-refractivity contribution < 1.29 is 23.7 Å². The highest BCUT2D eigenvalue weighted by Gasteiger charge is 2.28. The number of anilines is 1. The molecule has 3 aromatic rings. The lowest BCUT2D eigenvalue weighted by Gasteiger charge is -2.35. The molecule has 0 N–H and O–H groups in total. The van der Waals surface area contributed by atoms with Crippen molar-refractivity contribution in [1.29, 1.82) is 0 Å². The van der Waals surface area contributed by atoms with Crippen molar-refractivity contribution in [1.82, 2.24) is 4.90 Å². The summed E-state index contributed by atoms with van der Waals surface area (Å²) in [6.07, 6.45) is 0. The molecule has 0 unspecified atom stereocenters. The summed E-state index contributed by atoms with van der Waals surface area (Å²) in [7, 11) is 0. The molecule has 31 heavy (non-hydrogen) atoms. The average Bonchev–Trinajstić information content (AvgIpc) is 3.23. The predicted octanol–water partition coefficient (Wildman–Crippen LogP) is 3.48. The average molecular weight is 423 g/mol. The number of para-hydroxylation sites is 1. The van der Waals surface area contributed by atoms with E-state index in [0.717, 1.165) is 5.39 Å². The smallest absolute Gasteiger partial charge is 0.338 e. The predicted molar refractivity (Wildman–Crippen MR) is 113 cm³/mol. The van der Waals surface area contributed by atoms with Crippen molar-refractivity contribution in [3.8, 4) is 0 Å². The summed E-state index contributed by atoms with van der Waals surface area (Å²) < 4.78 is 10.6. The zero-order valence-corrected chi connectivity index (χ0v) is 16.9. The highest BCUT2D eigenvalue weighted by Crippen LogP contribution is 2.31. The quantitative estimate of drug-likeness (QED) is 0.351. The third kappa shape index (κ3) is 4.07. The van der Waals surface area contributed by atoms with Crippen LogP contribution in [0.5, 0.6) is 0 Å². The van der Waals surface area contributed by atoms with E-state index in [0.29, 0.717) is 37.4 Å². The van der Waals surface area contributed by atoms with Gasteiger partial charge in [0.15, 0.2) is 5.76 Å². The summed E-state index contributed by atoms with van der Waals surface area (Å²) in [5.41, 5.74) is 1.04. The number of hydrogen-bond donors (Lipinski definition) is 0. The Kier molecular flexibility index (Phi) is 5.57. The number of ether oxygens (including phenoxy) is 1. The number of esters is 1. The first-order chi connectivity index (χ1) is 15.0. The van der Waals surface area contributed by atoms with Crippen LogP contribution < -0.4 is 4.90 Å². The number of rotatable bonds is 5. The lowest BCUT2D eigenvalue weighted by molar-refractivity contribution is -0.384. The Morgan fingerprint density at radius 1 is 1.10 bits per heavy atom. The second kappa shape index (κ2) is 8.47. The molecule has 1 aliphatic heterocycles. The van der Waals surface area contributed by atoms with Gasteiger partial charge in [-0.1, -0.05) is 18.2 Å².